The van der Waals surface area contributed by atoms with E-state index in [4.69, 9.17) is 5.84 Å². The van der Waals surface area contributed by atoms with E-state index in [1.807, 2.05) is 0 Å². The molecule has 0 aliphatic heterocycles. The minimum atomic E-state index is -0.182. The van der Waals surface area contributed by atoms with Crippen LogP contribution in [0.15, 0.2) is 12.1 Å². The fourth-order valence-corrected chi connectivity index (χ4v) is 2.00. The number of rotatable bonds is 5. The number of carbonyl (C=O) groups excluding carboxylic acids is 1. The van der Waals surface area contributed by atoms with Gasteiger partial charge in [0.2, 0.25) is 0 Å². The summed E-state index contributed by atoms with van der Waals surface area (Å²) < 4.78 is 0. The lowest BCUT2D eigenvalue weighted by atomic mass is 9.92. The number of nitrogen functional groups attached to an aromatic ring is 1. The number of aromatic nitrogens is 2. The quantitative estimate of drug-likeness (QED) is 0.533. The van der Waals surface area contributed by atoms with Crippen LogP contribution in [0.1, 0.15) is 37.2 Å². The van der Waals surface area contributed by atoms with Crippen LogP contribution in [0.5, 0.6) is 0 Å². The molecule has 0 atom stereocenters. The zero-order chi connectivity index (χ0) is 13.2. The number of hydrogen-bond donors (Lipinski definition) is 3. The minimum absolute atomic E-state index is 0.182. The first-order chi connectivity index (χ1) is 8.57. The Bertz CT molecular complexity index is 425. The lowest BCUT2D eigenvalue weighted by Crippen LogP contribution is -2.33. The van der Waals surface area contributed by atoms with E-state index in [1.54, 1.807) is 12.1 Å². The summed E-state index contributed by atoms with van der Waals surface area (Å²) in [7, 11) is 0. The molecule has 18 heavy (non-hydrogen) atoms. The van der Waals surface area contributed by atoms with E-state index in [1.165, 1.54) is 12.8 Å². The molecule has 1 aromatic heterocycles. The molecular formula is C12H19N5O. The van der Waals surface area contributed by atoms with E-state index >= 15 is 0 Å². The predicted molar refractivity (Wildman–Crippen MR) is 68.7 cm³/mol. The lowest BCUT2D eigenvalue weighted by molar-refractivity contribution is 0.0934. The first-order valence-electron chi connectivity index (χ1n) is 6.16. The molecule has 1 aromatic rings. The van der Waals surface area contributed by atoms with Gasteiger partial charge in [0.15, 0.2) is 11.5 Å². The summed E-state index contributed by atoms with van der Waals surface area (Å²) in [5.41, 5.74) is 2.98. The Morgan fingerprint density at radius 1 is 1.44 bits per heavy atom. The van der Waals surface area contributed by atoms with Crippen molar-refractivity contribution in [3.8, 4) is 0 Å². The third-order valence-corrected chi connectivity index (χ3v) is 3.76. The van der Waals surface area contributed by atoms with Crippen LogP contribution in [0.2, 0.25) is 0 Å². The Labute approximate surface area is 106 Å². The fourth-order valence-electron chi connectivity index (χ4n) is 2.00. The van der Waals surface area contributed by atoms with E-state index in [-0.39, 0.29) is 5.91 Å². The number of nitrogens with two attached hydrogens (primary N) is 1. The van der Waals surface area contributed by atoms with Gasteiger partial charge < -0.3 is 10.7 Å². The van der Waals surface area contributed by atoms with Crippen molar-refractivity contribution in [2.24, 2.45) is 17.2 Å². The molecule has 1 fully saturated rings. The Morgan fingerprint density at radius 3 is 2.61 bits per heavy atom. The van der Waals surface area contributed by atoms with E-state index in [2.05, 4.69) is 34.8 Å². The number of hydrogen-bond acceptors (Lipinski definition) is 5. The predicted octanol–water partition coefficient (Wildman–Crippen LogP) is 0.928. The molecule has 2 rings (SSSR count). The van der Waals surface area contributed by atoms with Crippen molar-refractivity contribution in [1.82, 2.24) is 15.5 Å². The summed E-state index contributed by atoms with van der Waals surface area (Å²) in [5, 5.41) is 10.5. The molecular weight excluding hydrogens is 230 g/mol. The Balaban J connectivity index is 1.91. The summed E-state index contributed by atoms with van der Waals surface area (Å²) in [6.07, 6.45) is 2.37. The molecule has 0 unspecified atom stereocenters. The summed E-state index contributed by atoms with van der Waals surface area (Å²) >= 11 is 0. The molecule has 1 heterocycles. The van der Waals surface area contributed by atoms with Crippen LogP contribution in [0.4, 0.5) is 5.82 Å². The highest BCUT2D eigenvalue weighted by Crippen LogP contribution is 2.51. The summed E-state index contributed by atoms with van der Waals surface area (Å²) in [5.74, 6) is 6.03. The van der Waals surface area contributed by atoms with Gasteiger partial charge in [0.1, 0.15) is 0 Å². The molecule has 1 saturated carbocycles. The van der Waals surface area contributed by atoms with Crippen LogP contribution >= 0.6 is 0 Å². The zero-order valence-electron chi connectivity index (χ0n) is 10.7. The molecule has 98 valence electrons. The smallest absolute Gasteiger partial charge is 0.271 e. The zero-order valence-corrected chi connectivity index (χ0v) is 10.7. The molecule has 1 aliphatic rings. The van der Waals surface area contributed by atoms with Gasteiger partial charge in [0, 0.05) is 6.54 Å². The average molecular weight is 249 g/mol. The van der Waals surface area contributed by atoms with Gasteiger partial charge in [-0.3, -0.25) is 4.79 Å². The normalized spacial score (nSPS) is 16.4. The SMILES string of the molecule is CC(C)C1(CNC(=O)c2ccc(NN)nn2)CC1. The second-order valence-electron chi connectivity index (χ2n) is 5.15. The van der Waals surface area contributed by atoms with Crippen molar-refractivity contribution in [3.63, 3.8) is 0 Å². The number of nitrogens with zero attached hydrogens (tertiary/aromatic N) is 2. The van der Waals surface area contributed by atoms with Gasteiger partial charge in [-0.25, -0.2) is 5.84 Å². The van der Waals surface area contributed by atoms with Gasteiger partial charge in [0.05, 0.1) is 0 Å². The molecule has 6 nitrogen and oxygen atoms in total. The van der Waals surface area contributed by atoms with Crippen molar-refractivity contribution >= 4 is 11.7 Å². The molecule has 0 spiro atoms. The molecule has 0 aromatic carbocycles. The third kappa shape index (κ3) is 2.59. The molecule has 6 heteroatoms. The van der Waals surface area contributed by atoms with Crippen LogP contribution in [0.3, 0.4) is 0 Å². The van der Waals surface area contributed by atoms with Crippen LogP contribution in [-0.2, 0) is 0 Å². The molecule has 1 aliphatic carbocycles. The Kier molecular flexibility index (Phi) is 3.47. The first kappa shape index (κ1) is 12.8. The van der Waals surface area contributed by atoms with Gasteiger partial charge in [-0.05, 0) is 36.3 Å². The molecule has 0 bridgehead atoms. The topological polar surface area (TPSA) is 92.9 Å². The Hall–Kier alpha value is -1.69. The number of nitrogens with one attached hydrogen (secondary N) is 2. The highest BCUT2D eigenvalue weighted by molar-refractivity contribution is 5.92. The highest BCUT2D eigenvalue weighted by atomic mass is 16.1. The highest BCUT2D eigenvalue weighted by Gasteiger charge is 2.45. The van der Waals surface area contributed by atoms with Gasteiger partial charge >= 0.3 is 0 Å². The maximum absolute atomic E-state index is 11.9. The van der Waals surface area contributed by atoms with Crippen molar-refractivity contribution in [3.05, 3.63) is 17.8 Å². The standard InChI is InChI=1S/C12H19N5O/c1-8(2)12(5-6-12)7-14-11(18)9-3-4-10(15-13)17-16-9/h3-4,8H,5-7,13H2,1-2H3,(H,14,18)(H,15,17). The number of hydrazine groups is 1. The average Bonchev–Trinajstić information content (AvgIpc) is 3.17. The van der Waals surface area contributed by atoms with Crippen LogP contribution in [-0.4, -0.2) is 22.6 Å². The number of amides is 1. The van der Waals surface area contributed by atoms with Crippen molar-refractivity contribution in [1.29, 1.82) is 0 Å². The number of carbonyl (C=O) groups is 1. The van der Waals surface area contributed by atoms with Crippen molar-refractivity contribution < 1.29 is 4.79 Å². The summed E-state index contributed by atoms with van der Waals surface area (Å²) in [6.45, 7) is 5.10. The van der Waals surface area contributed by atoms with Crippen molar-refractivity contribution in [2.75, 3.05) is 12.0 Å². The first-order valence-corrected chi connectivity index (χ1v) is 6.16. The van der Waals surface area contributed by atoms with Gasteiger partial charge in [0.25, 0.3) is 5.91 Å². The maximum Gasteiger partial charge on any atom is 0.271 e. The monoisotopic (exact) mass is 249 g/mol. The van der Waals surface area contributed by atoms with Crippen LogP contribution < -0.4 is 16.6 Å². The van der Waals surface area contributed by atoms with Crippen LogP contribution in [0, 0.1) is 11.3 Å². The fraction of sp³-hybridized carbons (Fsp3) is 0.583. The van der Waals surface area contributed by atoms with Crippen LogP contribution in [0.25, 0.3) is 0 Å². The third-order valence-electron chi connectivity index (χ3n) is 3.76. The van der Waals surface area contributed by atoms with E-state index in [9.17, 15) is 4.79 Å². The van der Waals surface area contributed by atoms with Crippen molar-refractivity contribution in [2.45, 2.75) is 26.7 Å². The second kappa shape index (κ2) is 4.89. The molecule has 1 amide bonds. The molecule has 0 radical (unpaired) electrons. The van der Waals surface area contributed by atoms with Gasteiger partial charge in [-0.15, -0.1) is 10.2 Å². The summed E-state index contributed by atoms with van der Waals surface area (Å²) in [4.78, 5) is 11.9. The molecule has 4 N–H and O–H groups in total. The van der Waals surface area contributed by atoms with E-state index in [0.717, 1.165) is 0 Å². The van der Waals surface area contributed by atoms with E-state index in [0.29, 0.717) is 29.4 Å². The largest absolute Gasteiger partial charge is 0.350 e. The molecule has 0 saturated heterocycles. The van der Waals surface area contributed by atoms with E-state index < -0.39 is 0 Å². The Morgan fingerprint density at radius 2 is 2.17 bits per heavy atom. The second-order valence-corrected chi connectivity index (χ2v) is 5.15. The number of anilines is 1. The van der Waals surface area contributed by atoms with Gasteiger partial charge in [-0.1, -0.05) is 13.8 Å². The lowest BCUT2D eigenvalue weighted by Gasteiger charge is -2.19. The van der Waals surface area contributed by atoms with Gasteiger partial charge in [-0.2, -0.15) is 0 Å². The minimum Gasteiger partial charge on any atom is -0.350 e. The maximum atomic E-state index is 11.9. The summed E-state index contributed by atoms with van der Waals surface area (Å²) in [6, 6.07) is 3.23.